The number of imide groups is 1. The fourth-order valence-corrected chi connectivity index (χ4v) is 2.68. The van der Waals surface area contributed by atoms with Crippen LogP contribution < -0.4 is 4.90 Å². The van der Waals surface area contributed by atoms with E-state index in [1.807, 2.05) is 0 Å². The van der Waals surface area contributed by atoms with Crippen molar-refractivity contribution in [1.29, 1.82) is 0 Å². The van der Waals surface area contributed by atoms with E-state index in [9.17, 15) is 9.59 Å². The number of carbonyl (C=O) groups excluding carboxylic acids is 2. The van der Waals surface area contributed by atoms with Gasteiger partial charge in [-0.1, -0.05) is 23.2 Å². The average Bonchev–Trinajstić information content (AvgIpc) is 3.04. The van der Waals surface area contributed by atoms with Gasteiger partial charge in [-0.05, 0) is 6.07 Å². The van der Waals surface area contributed by atoms with E-state index in [0.29, 0.717) is 16.9 Å². The van der Waals surface area contributed by atoms with Crippen molar-refractivity contribution in [2.75, 3.05) is 11.5 Å². The molecule has 1 aliphatic rings. The van der Waals surface area contributed by atoms with Gasteiger partial charge in [0.2, 0.25) is 5.13 Å². The van der Waals surface area contributed by atoms with Crippen molar-refractivity contribution >= 4 is 28.3 Å². The molecule has 104 valence electrons. The van der Waals surface area contributed by atoms with Crippen LogP contribution in [0.2, 0.25) is 0 Å². The molecule has 0 radical (unpaired) electrons. The van der Waals surface area contributed by atoms with Gasteiger partial charge in [0.05, 0.1) is 28.8 Å². The lowest BCUT2D eigenvalue weighted by Gasteiger charge is -2.08. The van der Waals surface area contributed by atoms with Crippen molar-refractivity contribution in [3.8, 4) is 11.8 Å². The molecule has 0 atom stereocenters. The van der Waals surface area contributed by atoms with Gasteiger partial charge in [-0.15, -0.1) is 0 Å². The highest BCUT2D eigenvalue weighted by Crippen LogP contribution is 2.30. The van der Waals surface area contributed by atoms with Crippen LogP contribution in [0.3, 0.4) is 0 Å². The van der Waals surface area contributed by atoms with Gasteiger partial charge >= 0.3 is 0 Å². The Kier molecular flexibility index (Phi) is 3.48. The lowest BCUT2D eigenvalue weighted by Crippen LogP contribution is -2.29. The van der Waals surface area contributed by atoms with E-state index in [0.717, 1.165) is 16.2 Å². The minimum atomic E-state index is -0.424. The molecule has 1 aliphatic heterocycles. The number of aliphatic hydroxyl groups excluding tert-OH is 1. The molecular formula is C14H9N3O3S. The second-order valence-corrected chi connectivity index (χ2v) is 5.16. The Morgan fingerprint density at radius 3 is 2.81 bits per heavy atom. The smallest absolute Gasteiger partial charge is 0.269 e. The standard InChI is InChI=1S/C14H9N3O3S/c18-6-2-1-3-9-7-16-14(21-9)17-12(19)10-4-5-15-8-11(10)13(17)20/h4-5,7-8,18H,2,6H2. The quantitative estimate of drug-likeness (QED) is 0.662. The van der Waals surface area contributed by atoms with Gasteiger partial charge in [0, 0.05) is 18.8 Å². The number of aliphatic hydroxyl groups is 1. The van der Waals surface area contributed by atoms with Crippen molar-refractivity contribution < 1.29 is 14.7 Å². The number of anilines is 1. The second-order valence-electron chi connectivity index (χ2n) is 4.15. The number of nitrogens with zero attached hydrogens (tertiary/aromatic N) is 3. The van der Waals surface area contributed by atoms with Crippen LogP contribution in [0.15, 0.2) is 24.7 Å². The molecule has 0 bridgehead atoms. The van der Waals surface area contributed by atoms with Gasteiger partial charge in [-0.25, -0.2) is 9.88 Å². The maximum Gasteiger partial charge on any atom is 0.269 e. The number of hydrogen-bond acceptors (Lipinski definition) is 6. The predicted molar refractivity (Wildman–Crippen MR) is 76.1 cm³/mol. The normalized spacial score (nSPS) is 13.1. The van der Waals surface area contributed by atoms with Crippen LogP contribution in [0, 0.1) is 11.8 Å². The Labute approximate surface area is 124 Å². The zero-order valence-corrected chi connectivity index (χ0v) is 11.6. The summed E-state index contributed by atoms with van der Waals surface area (Å²) in [5.41, 5.74) is 0.615. The summed E-state index contributed by atoms with van der Waals surface area (Å²) in [5, 5.41) is 8.96. The number of pyridine rings is 1. The molecule has 0 aromatic carbocycles. The van der Waals surface area contributed by atoms with E-state index in [1.54, 1.807) is 0 Å². The van der Waals surface area contributed by atoms with Crippen molar-refractivity contribution in [2.24, 2.45) is 0 Å². The minimum Gasteiger partial charge on any atom is -0.395 e. The Bertz CT molecular complexity index is 753. The number of hydrogen-bond donors (Lipinski definition) is 1. The molecule has 0 saturated heterocycles. The predicted octanol–water partition coefficient (Wildman–Crippen LogP) is 1.07. The molecule has 21 heavy (non-hydrogen) atoms. The first-order chi connectivity index (χ1) is 10.2. The molecule has 2 amide bonds. The zero-order chi connectivity index (χ0) is 14.8. The summed E-state index contributed by atoms with van der Waals surface area (Å²) in [7, 11) is 0. The molecular weight excluding hydrogens is 290 g/mol. The lowest BCUT2D eigenvalue weighted by molar-refractivity contribution is 0.0926. The largest absolute Gasteiger partial charge is 0.395 e. The topological polar surface area (TPSA) is 83.4 Å². The number of carbonyl (C=O) groups is 2. The summed E-state index contributed by atoms with van der Waals surface area (Å²) in [4.78, 5) is 34.1. The molecule has 0 saturated carbocycles. The molecule has 1 N–H and O–H groups in total. The number of rotatable bonds is 2. The summed E-state index contributed by atoms with van der Waals surface area (Å²) >= 11 is 1.16. The molecule has 2 aromatic heterocycles. The second kappa shape index (κ2) is 5.44. The summed E-state index contributed by atoms with van der Waals surface area (Å²) in [6.07, 6.45) is 4.73. The highest BCUT2D eigenvalue weighted by Gasteiger charge is 2.38. The number of aromatic nitrogens is 2. The van der Waals surface area contributed by atoms with Crippen LogP contribution in [0.1, 0.15) is 32.0 Å². The van der Waals surface area contributed by atoms with Crippen molar-refractivity contribution in [3.05, 3.63) is 40.7 Å². The van der Waals surface area contributed by atoms with E-state index in [1.165, 1.54) is 24.7 Å². The van der Waals surface area contributed by atoms with Crippen molar-refractivity contribution in [3.63, 3.8) is 0 Å². The third-order valence-corrected chi connectivity index (χ3v) is 3.72. The van der Waals surface area contributed by atoms with Gasteiger partial charge in [0.25, 0.3) is 11.8 Å². The van der Waals surface area contributed by atoms with E-state index >= 15 is 0 Å². The monoisotopic (exact) mass is 299 g/mol. The number of thiazole rings is 1. The minimum absolute atomic E-state index is 0.00985. The van der Waals surface area contributed by atoms with Gasteiger partial charge in [0.1, 0.15) is 0 Å². The maximum absolute atomic E-state index is 12.3. The Hall–Kier alpha value is -2.56. The molecule has 6 nitrogen and oxygen atoms in total. The zero-order valence-electron chi connectivity index (χ0n) is 10.7. The molecule has 0 unspecified atom stereocenters. The van der Waals surface area contributed by atoms with E-state index in [2.05, 4.69) is 21.8 Å². The number of fused-ring (bicyclic) bond motifs is 1. The average molecular weight is 299 g/mol. The maximum atomic E-state index is 12.3. The Morgan fingerprint density at radius 1 is 1.24 bits per heavy atom. The third-order valence-electron chi connectivity index (χ3n) is 2.82. The van der Waals surface area contributed by atoms with Crippen molar-refractivity contribution in [2.45, 2.75) is 6.42 Å². The molecule has 0 fully saturated rings. The van der Waals surface area contributed by atoms with Gasteiger partial charge in [-0.2, -0.15) is 0 Å². The van der Waals surface area contributed by atoms with Crippen LogP contribution in [0.25, 0.3) is 0 Å². The first kappa shape index (κ1) is 13.4. The molecule has 2 aromatic rings. The van der Waals surface area contributed by atoms with Crippen LogP contribution >= 0.6 is 11.3 Å². The molecule has 0 spiro atoms. The van der Waals surface area contributed by atoms with Crippen LogP contribution in [-0.4, -0.2) is 33.5 Å². The molecule has 0 aliphatic carbocycles. The van der Waals surface area contributed by atoms with Crippen molar-refractivity contribution in [1.82, 2.24) is 9.97 Å². The number of amides is 2. The van der Waals surface area contributed by atoms with Crippen LogP contribution in [0.5, 0.6) is 0 Å². The summed E-state index contributed by atoms with van der Waals surface area (Å²) in [5.74, 6) is 4.77. The van der Waals surface area contributed by atoms with Crippen LogP contribution in [-0.2, 0) is 0 Å². The van der Waals surface area contributed by atoms with Gasteiger partial charge < -0.3 is 5.11 Å². The Balaban J connectivity index is 1.91. The molecule has 7 heteroatoms. The van der Waals surface area contributed by atoms with Gasteiger partial charge in [-0.3, -0.25) is 14.6 Å². The fourth-order valence-electron chi connectivity index (χ4n) is 1.89. The van der Waals surface area contributed by atoms with Gasteiger partial charge in [0.15, 0.2) is 0 Å². The lowest BCUT2D eigenvalue weighted by atomic mass is 10.2. The first-order valence-corrected chi connectivity index (χ1v) is 6.92. The third kappa shape index (κ3) is 2.31. The first-order valence-electron chi connectivity index (χ1n) is 6.10. The SMILES string of the molecule is O=C1c2ccncc2C(=O)N1c1ncc(C#CCCO)s1. The van der Waals surface area contributed by atoms with E-state index in [4.69, 9.17) is 5.11 Å². The summed E-state index contributed by atoms with van der Waals surface area (Å²) < 4.78 is 0. The Morgan fingerprint density at radius 2 is 2.05 bits per heavy atom. The van der Waals surface area contributed by atoms with E-state index in [-0.39, 0.29) is 17.3 Å². The van der Waals surface area contributed by atoms with Crippen LogP contribution in [0.4, 0.5) is 5.13 Å². The highest BCUT2D eigenvalue weighted by atomic mass is 32.1. The highest BCUT2D eigenvalue weighted by molar-refractivity contribution is 7.16. The van der Waals surface area contributed by atoms with E-state index < -0.39 is 11.8 Å². The summed E-state index contributed by atoms with van der Waals surface area (Å²) in [6.45, 7) is -0.00985. The fraction of sp³-hybridized carbons (Fsp3) is 0.143. The summed E-state index contributed by atoms with van der Waals surface area (Å²) in [6, 6.07) is 1.52. The molecule has 3 rings (SSSR count). The molecule has 3 heterocycles.